The second-order valence-corrected chi connectivity index (χ2v) is 8.70. The number of morpholine rings is 1. The van der Waals surface area contributed by atoms with Gasteiger partial charge in [0.05, 0.1) is 29.3 Å². The normalized spacial score (nSPS) is 15.2. The average Bonchev–Trinajstić information content (AvgIpc) is 2.66. The molecule has 0 aliphatic carbocycles. The molecule has 9 heteroatoms. The van der Waals surface area contributed by atoms with Gasteiger partial charge in [-0.2, -0.15) is 0 Å². The number of aromatic nitrogens is 1. The highest BCUT2D eigenvalue weighted by atomic mass is 35.5. The molecule has 28 heavy (non-hydrogen) atoms. The first-order valence-electron chi connectivity index (χ1n) is 8.48. The topological polar surface area (TPSA) is 59.5 Å². The van der Waals surface area contributed by atoms with Crippen molar-refractivity contribution in [1.29, 1.82) is 0 Å². The van der Waals surface area contributed by atoms with Crippen molar-refractivity contribution in [3.05, 3.63) is 59.3 Å². The van der Waals surface area contributed by atoms with Gasteiger partial charge in [-0.15, -0.1) is 0 Å². The van der Waals surface area contributed by atoms with Gasteiger partial charge in [-0.1, -0.05) is 11.6 Å². The van der Waals surface area contributed by atoms with Gasteiger partial charge >= 0.3 is 0 Å². The van der Waals surface area contributed by atoms with Gasteiger partial charge in [0.1, 0.15) is 16.5 Å². The molecule has 2 aromatic carbocycles. The molecule has 1 aromatic heterocycles. The van der Waals surface area contributed by atoms with E-state index in [1.165, 1.54) is 6.20 Å². The van der Waals surface area contributed by atoms with Gasteiger partial charge in [0.25, 0.3) is 0 Å². The van der Waals surface area contributed by atoms with Crippen molar-refractivity contribution in [2.45, 2.75) is 9.79 Å². The average molecular weight is 425 g/mol. The molecule has 5 nitrogen and oxygen atoms in total. The van der Waals surface area contributed by atoms with Crippen LogP contribution in [-0.2, 0) is 14.6 Å². The summed E-state index contributed by atoms with van der Waals surface area (Å²) in [7, 11) is -4.22. The van der Waals surface area contributed by atoms with Crippen molar-refractivity contribution >= 4 is 38.0 Å². The van der Waals surface area contributed by atoms with Gasteiger partial charge in [0.2, 0.25) is 9.84 Å². The van der Waals surface area contributed by atoms with Crippen LogP contribution in [0.2, 0.25) is 5.02 Å². The Labute approximate surface area is 165 Å². The van der Waals surface area contributed by atoms with E-state index in [2.05, 4.69) is 4.98 Å². The fourth-order valence-electron chi connectivity index (χ4n) is 3.25. The van der Waals surface area contributed by atoms with E-state index < -0.39 is 26.4 Å². The molecule has 0 N–H and O–H groups in total. The summed E-state index contributed by atoms with van der Waals surface area (Å²) in [6.45, 7) is 1.82. The van der Waals surface area contributed by atoms with Crippen LogP contribution < -0.4 is 4.90 Å². The molecule has 0 radical (unpaired) electrons. The zero-order chi connectivity index (χ0) is 19.9. The first-order valence-corrected chi connectivity index (χ1v) is 10.3. The molecule has 1 aliphatic heterocycles. The fourth-order valence-corrected chi connectivity index (χ4v) is 4.90. The Bertz CT molecular complexity index is 1150. The SMILES string of the molecule is O=S(=O)(c1cc(F)cc(F)c1)c1cnc2cc(Cl)ccc2c1N1CCOCC1. The minimum Gasteiger partial charge on any atom is -0.378 e. The maximum absolute atomic E-state index is 13.7. The van der Waals surface area contributed by atoms with E-state index >= 15 is 0 Å². The zero-order valence-corrected chi connectivity index (χ0v) is 16.1. The Kier molecular flexibility index (Phi) is 4.95. The monoisotopic (exact) mass is 424 g/mol. The van der Waals surface area contributed by atoms with E-state index in [4.69, 9.17) is 16.3 Å². The number of fused-ring (bicyclic) bond motifs is 1. The largest absolute Gasteiger partial charge is 0.378 e. The van der Waals surface area contributed by atoms with Crippen LogP contribution in [0.5, 0.6) is 0 Å². The molecule has 0 amide bonds. The van der Waals surface area contributed by atoms with Crippen molar-refractivity contribution in [3.8, 4) is 0 Å². The van der Waals surface area contributed by atoms with Crippen LogP contribution in [0.15, 0.2) is 52.4 Å². The van der Waals surface area contributed by atoms with E-state index in [0.717, 1.165) is 12.1 Å². The van der Waals surface area contributed by atoms with Gasteiger partial charge < -0.3 is 9.64 Å². The Morgan fingerprint density at radius 1 is 1.04 bits per heavy atom. The van der Waals surface area contributed by atoms with Crippen LogP contribution in [0.1, 0.15) is 0 Å². The lowest BCUT2D eigenvalue weighted by molar-refractivity contribution is 0.122. The second-order valence-electron chi connectivity index (χ2n) is 6.34. The van der Waals surface area contributed by atoms with Crippen molar-refractivity contribution in [1.82, 2.24) is 4.98 Å². The first kappa shape index (κ1) is 19.0. The molecule has 0 atom stereocenters. The number of sulfone groups is 1. The molecular weight excluding hydrogens is 410 g/mol. The van der Waals surface area contributed by atoms with Gasteiger partial charge in [0.15, 0.2) is 0 Å². The minimum absolute atomic E-state index is 0.116. The van der Waals surface area contributed by atoms with Crippen LogP contribution in [-0.4, -0.2) is 39.7 Å². The molecule has 3 aromatic rings. The first-order chi connectivity index (χ1) is 13.4. The van der Waals surface area contributed by atoms with E-state index in [0.29, 0.717) is 54.0 Å². The molecule has 146 valence electrons. The highest BCUT2D eigenvalue weighted by molar-refractivity contribution is 7.91. The lowest BCUT2D eigenvalue weighted by Crippen LogP contribution is -2.37. The van der Waals surface area contributed by atoms with Crippen molar-refractivity contribution < 1.29 is 21.9 Å². The Morgan fingerprint density at radius 2 is 1.71 bits per heavy atom. The van der Waals surface area contributed by atoms with Crippen molar-refractivity contribution in [2.75, 3.05) is 31.2 Å². The number of nitrogens with zero attached hydrogens (tertiary/aromatic N) is 2. The minimum atomic E-state index is -4.22. The van der Waals surface area contributed by atoms with Crippen LogP contribution in [0.4, 0.5) is 14.5 Å². The fraction of sp³-hybridized carbons (Fsp3) is 0.211. The van der Waals surface area contributed by atoms with Crippen LogP contribution in [0.3, 0.4) is 0 Å². The summed E-state index contributed by atoms with van der Waals surface area (Å²) in [4.78, 5) is 5.52. The highest BCUT2D eigenvalue weighted by Gasteiger charge is 2.28. The smallest absolute Gasteiger partial charge is 0.210 e. The lowest BCUT2D eigenvalue weighted by atomic mass is 10.1. The van der Waals surface area contributed by atoms with Crippen LogP contribution in [0.25, 0.3) is 10.9 Å². The summed E-state index contributed by atoms with van der Waals surface area (Å²) in [5.41, 5.74) is 0.952. The summed E-state index contributed by atoms with van der Waals surface area (Å²) in [6.07, 6.45) is 1.21. The number of rotatable bonds is 3. The number of hydrogen-bond donors (Lipinski definition) is 0. The molecule has 0 spiro atoms. The third-order valence-electron chi connectivity index (χ3n) is 4.53. The molecule has 4 rings (SSSR count). The predicted molar refractivity (Wildman–Crippen MR) is 102 cm³/mol. The molecule has 2 heterocycles. The highest BCUT2D eigenvalue weighted by Crippen LogP contribution is 2.37. The van der Waals surface area contributed by atoms with Gasteiger partial charge in [-0.3, -0.25) is 4.98 Å². The number of benzene rings is 2. The lowest BCUT2D eigenvalue weighted by Gasteiger charge is -2.31. The summed E-state index contributed by atoms with van der Waals surface area (Å²) in [5.74, 6) is -1.93. The van der Waals surface area contributed by atoms with Crippen molar-refractivity contribution in [2.24, 2.45) is 0 Å². The molecule has 0 bridgehead atoms. The molecule has 1 saturated heterocycles. The van der Waals surface area contributed by atoms with Gasteiger partial charge in [-0.25, -0.2) is 17.2 Å². The Balaban J connectivity index is 1.98. The maximum atomic E-state index is 13.7. The van der Waals surface area contributed by atoms with Crippen LogP contribution >= 0.6 is 11.6 Å². The molecular formula is C19H15ClF2N2O3S. The predicted octanol–water partition coefficient (Wildman–Crippen LogP) is 3.84. The van der Waals surface area contributed by atoms with Gasteiger partial charge in [0, 0.05) is 35.8 Å². The second kappa shape index (κ2) is 7.27. The van der Waals surface area contributed by atoms with Crippen molar-refractivity contribution in [3.63, 3.8) is 0 Å². The number of hydrogen-bond acceptors (Lipinski definition) is 5. The third kappa shape index (κ3) is 3.43. The summed E-state index contributed by atoms with van der Waals surface area (Å²) < 4.78 is 59.2. The Morgan fingerprint density at radius 3 is 2.39 bits per heavy atom. The molecule has 1 fully saturated rings. The van der Waals surface area contributed by atoms with Gasteiger partial charge in [-0.05, 0) is 30.3 Å². The summed E-state index contributed by atoms with van der Waals surface area (Å²) >= 11 is 6.04. The standard InChI is InChI=1S/C19H15ClF2N2O3S/c20-12-1-2-16-17(7-12)23-11-18(19(16)24-3-5-27-6-4-24)28(25,26)15-9-13(21)8-14(22)10-15/h1-2,7-11H,3-6H2. The zero-order valence-electron chi connectivity index (χ0n) is 14.5. The van der Waals surface area contributed by atoms with E-state index in [1.54, 1.807) is 18.2 Å². The third-order valence-corrected chi connectivity index (χ3v) is 6.50. The molecule has 0 unspecified atom stereocenters. The number of pyridine rings is 1. The van der Waals surface area contributed by atoms with E-state index in [9.17, 15) is 17.2 Å². The maximum Gasteiger partial charge on any atom is 0.210 e. The summed E-state index contributed by atoms with van der Waals surface area (Å²) in [6, 6.07) is 7.21. The number of halogens is 3. The number of anilines is 1. The quantitative estimate of drug-likeness (QED) is 0.639. The van der Waals surface area contributed by atoms with Crippen LogP contribution in [0, 0.1) is 11.6 Å². The number of ether oxygens (including phenoxy) is 1. The van der Waals surface area contributed by atoms with E-state index in [-0.39, 0.29) is 4.90 Å². The Hall–Kier alpha value is -2.29. The summed E-state index contributed by atoms with van der Waals surface area (Å²) in [5, 5.41) is 1.06. The van der Waals surface area contributed by atoms with E-state index in [1.807, 2.05) is 4.90 Å². The molecule has 0 saturated carbocycles. The molecule has 1 aliphatic rings.